The Labute approximate surface area is 75.6 Å². The molecule has 1 aliphatic rings. The first-order valence-electron chi connectivity index (χ1n) is 4.98. The van der Waals surface area contributed by atoms with Gasteiger partial charge in [0.2, 0.25) is 0 Å². The van der Waals surface area contributed by atoms with Gasteiger partial charge in [-0.3, -0.25) is 0 Å². The molecule has 1 N–H and O–H groups in total. The summed E-state index contributed by atoms with van der Waals surface area (Å²) in [5.41, 5.74) is 0. The number of hydrogen-bond acceptors (Lipinski definition) is 2. The van der Waals surface area contributed by atoms with E-state index in [-0.39, 0.29) is 0 Å². The molecule has 0 aliphatic heterocycles. The van der Waals surface area contributed by atoms with Gasteiger partial charge in [-0.05, 0) is 45.2 Å². The number of rotatable bonds is 3. The van der Waals surface area contributed by atoms with Gasteiger partial charge >= 0.3 is 0 Å². The molecule has 0 spiro atoms. The van der Waals surface area contributed by atoms with Crippen LogP contribution < -0.4 is 0 Å². The maximum absolute atomic E-state index is 9.03. The number of aliphatic hydroxyl groups is 1. The molecule has 0 aromatic heterocycles. The Morgan fingerprint density at radius 3 is 2.50 bits per heavy atom. The summed E-state index contributed by atoms with van der Waals surface area (Å²) in [7, 11) is 4.26. The van der Waals surface area contributed by atoms with E-state index in [0.717, 1.165) is 5.92 Å². The van der Waals surface area contributed by atoms with Crippen molar-refractivity contribution >= 4 is 0 Å². The smallest absolute Gasteiger partial charge is 0.0459 e. The van der Waals surface area contributed by atoms with E-state index in [0.29, 0.717) is 12.5 Å². The van der Waals surface area contributed by atoms with E-state index in [9.17, 15) is 0 Å². The fourth-order valence-corrected chi connectivity index (χ4v) is 2.25. The highest BCUT2D eigenvalue weighted by Gasteiger charge is 2.21. The van der Waals surface area contributed by atoms with Crippen molar-refractivity contribution in [3.05, 3.63) is 0 Å². The lowest BCUT2D eigenvalue weighted by atomic mass is 9.82. The van der Waals surface area contributed by atoms with E-state index in [4.69, 9.17) is 5.11 Å². The third kappa shape index (κ3) is 3.11. The Morgan fingerprint density at radius 2 is 1.92 bits per heavy atom. The number of aliphatic hydroxyl groups excluding tert-OH is 1. The molecule has 2 atom stereocenters. The van der Waals surface area contributed by atoms with E-state index in [2.05, 4.69) is 19.0 Å². The summed E-state index contributed by atoms with van der Waals surface area (Å²) in [6.45, 7) is 1.58. The van der Waals surface area contributed by atoms with Crippen molar-refractivity contribution in [3.63, 3.8) is 0 Å². The van der Waals surface area contributed by atoms with Gasteiger partial charge in [0.05, 0.1) is 0 Å². The van der Waals surface area contributed by atoms with Crippen molar-refractivity contribution < 1.29 is 5.11 Å². The van der Waals surface area contributed by atoms with Crippen LogP contribution in [0.25, 0.3) is 0 Å². The van der Waals surface area contributed by atoms with Gasteiger partial charge in [0.1, 0.15) is 0 Å². The fourth-order valence-electron chi connectivity index (χ4n) is 2.25. The highest BCUT2D eigenvalue weighted by molar-refractivity contribution is 4.73. The molecule has 0 aromatic rings. The van der Waals surface area contributed by atoms with Gasteiger partial charge in [-0.15, -0.1) is 0 Å². The van der Waals surface area contributed by atoms with Crippen LogP contribution in [0.5, 0.6) is 0 Å². The zero-order valence-electron chi connectivity index (χ0n) is 8.29. The van der Waals surface area contributed by atoms with Crippen LogP contribution in [0.1, 0.15) is 25.7 Å². The number of hydrogen-bond donors (Lipinski definition) is 1. The van der Waals surface area contributed by atoms with Crippen molar-refractivity contribution in [1.82, 2.24) is 4.90 Å². The normalized spacial score (nSPS) is 31.0. The average Bonchev–Trinajstić information content (AvgIpc) is 2.03. The first kappa shape index (κ1) is 10.0. The summed E-state index contributed by atoms with van der Waals surface area (Å²) in [5, 5.41) is 9.03. The van der Waals surface area contributed by atoms with E-state index in [1.807, 2.05) is 0 Å². The lowest BCUT2D eigenvalue weighted by molar-refractivity contribution is 0.145. The second-order valence-electron chi connectivity index (χ2n) is 4.34. The van der Waals surface area contributed by atoms with Crippen molar-refractivity contribution in [3.8, 4) is 0 Å². The first-order chi connectivity index (χ1) is 5.72. The SMILES string of the molecule is CN(C)CC1CCCC(CO)C1. The van der Waals surface area contributed by atoms with Gasteiger partial charge in [-0.25, -0.2) is 0 Å². The van der Waals surface area contributed by atoms with Gasteiger partial charge in [-0.1, -0.05) is 6.42 Å². The highest BCUT2D eigenvalue weighted by atomic mass is 16.3. The van der Waals surface area contributed by atoms with Crippen LogP contribution in [-0.4, -0.2) is 37.3 Å². The molecule has 0 saturated heterocycles. The van der Waals surface area contributed by atoms with Crippen LogP contribution in [-0.2, 0) is 0 Å². The van der Waals surface area contributed by atoms with Crippen LogP contribution >= 0.6 is 0 Å². The molecular weight excluding hydrogens is 150 g/mol. The van der Waals surface area contributed by atoms with Crippen LogP contribution in [0.4, 0.5) is 0 Å². The molecule has 0 amide bonds. The van der Waals surface area contributed by atoms with Gasteiger partial charge < -0.3 is 10.0 Å². The van der Waals surface area contributed by atoms with Crippen LogP contribution in [0.3, 0.4) is 0 Å². The second kappa shape index (κ2) is 4.83. The Bertz CT molecular complexity index is 125. The molecular formula is C10H21NO. The number of nitrogens with zero attached hydrogens (tertiary/aromatic N) is 1. The standard InChI is InChI=1S/C10H21NO/c1-11(2)7-9-4-3-5-10(6-9)8-12/h9-10,12H,3-8H2,1-2H3. The third-order valence-corrected chi connectivity index (χ3v) is 2.77. The molecule has 1 aliphatic carbocycles. The summed E-state index contributed by atoms with van der Waals surface area (Å²) in [6, 6.07) is 0. The monoisotopic (exact) mass is 171 g/mol. The third-order valence-electron chi connectivity index (χ3n) is 2.77. The minimum atomic E-state index is 0.393. The quantitative estimate of drug-likeness (QED) is 0.693. The molecule has 1 fully saturated rings. The molecule has 0 aromatic carbocycles. The maximum Gasteiger partial charge on any atom is 0.0459 e. The fraction of sp³-hybridized carbons (Fsp3) is 1.00. The van der Waals surface area contributed by atoms with Crippen molar-refractivity contribution in [2.45, 2.75) is 25.7 Å². The Balaban J connectivity index is 2.25. The van der Waals surface area contributed by atoms with Gasteiger partial charge in [0.15, 0.2) is 0 Å². The highest BCUT2D eigenvalue weighted by Crippen LogP contribution is 2.28. The first-order valence-corrected chi connectivity index (χ1v) is 4.98. The van der Waals surface area contributed by atoms with Gasteiger partial charge in [-0.2, -0.15) is 0 Å². The minimum absolute atomic E-state index is 0.393. The van der Waals surface area contributed by atoms with Gasteiger partial charge in [0, 0.05) is 13.2 Å². The molecule has 2 nitrogen and oxygen atoms in total. The van der Waals surface area contributed by atoms with Crippen LogP contribution in [0, 0.1) is 11.8 Å². The molecule has 0 radical (unpaired) electrons. The maximum atomic E-state index is 9.03. The second-order valence-corrected chi connectivity index (χ2v) is 4.34. The van der Waals surface area contributed by atoms with E-state index < -0.39 is 0 Å². The van der Waals surface area contributed by atoms with Crippen LogP contribution in [0.2, 0.25) is 0 Å². The molecule has 2 unspecified atom stereocenters. The summed E-state index contributed by atoms with van der Waals surface area (Å²) in [5.74, 6) is 1.41. The van der Waals surface area contributed by atoms with Crippen molar-refractivity contribution in [2.75, 3.05) is 27.2 Å². The molecule has 0 bridgehead atoms. The van der Waals surface area contributed by atoms with Crippen molar-refractivity contribution in [2.24, 2.45) is 11.8 Å². The summed E-state index contributed by atoms with van der Waals surface area (Å²) >= 11 is 0. The van der Waals surface area contributed by atoms with Crippen molar-refractivity contribution in [1.29, 1.82) is 0 Å². The largest absolute Gasteiger partial charge is 0.396 e. The Morgan fingerprint density at radius 1 is 1.25 bits per heavy atom. The minimum Gasteiger partial charge on any atom is -0.396 e. The molecule has 0 heterocycles. The molecule has 1 rings (SSSR count). The van der Waals surface area contributed by atoms with E-state index >= 15 is 0 Å². The molecule has 1 saturated carbocycles. The lowest BCUT2D eigenvalue weighted by Gasteiger charge is -2.29. The average molecular weight is 171 g/mol. The zero-order valence-corrected chi connectivity index (χ0v) is 8.29. The lowest BCUT2D eigenvalue weighted by Crippen LogP contribution is -2.27. The Kier molecular flexibility index (Phi) is 4.02. The Hall–Kier alpha value is -0.0800. The predicted molar refractivity (Wildman–Crippen MR) is 51.1 cm³/mol. The van der Waals surface area contributed by atoms with Gasteiger partial charge in [0.25, 0.3) is 0 Å². The van der Waals surface area contributed by atoms with E-state index in [1.54, 1.807) is 0 Å². The zero-order chi connectivity index (χ0) is 8.97. The summed E-state index contributed by atoms with van der Waals surface area (Å²) in [6.07, 6.45) is 5.13. The summed E-state index contributed by atoms with van der Waals surface area (Å²) in [4.78, 5) is 2.25. The summed E-state index contributed by atoms with van der Waals surface area (Å²) < 4.78 is 0. The van der Waals surface area contributed by atoms with Crippen LogP contribution in [0.15, 0.2) is 0 Å². The predicted octanol–water partition coefficient (Wildman–Crippen LogP) is 1.35. The molecule has 12 heavy (non-hydrogen) atoms. The van der Waals surface area contributed by atoms with E-state index in [1.165, 1.54) is 32.2 Å². The molecule has 2 heteroatoms. The topological polar surface area (TPSA) is 23.5 Å². The molecule has 72 valence electrons.